The van der Waals surface area contributed by atoms with Gasteiger partial charge in [0.1, 0.15) is 5.75 Å². The third kappa shape index (κ3) is 2.97. The van der Waals surface area contributed by atoms with Crippen molar-refractivity contribution in [1.29, 1.82) is 0 Å². The van der Waals surface area contributed by atoms with Gasteiger partial charge in [0, 0.05) is 30.0 Å². The summed E-state index contributed by atoms with van der Waals surface area (Å²) in [6, 6.07) is 14.5. The summed E-state index contributed by atoms with van der Waals surface area (Å²) in [6.45, 7) is 2.88. The van der Waals surface area contributed by atoms with Gasteiger partial charge >= 0.3 is 0 Å². The molecule has 0 bridgehead atoms. The standard InChI is InChI=1S/C18H18N2O/c1-13-9-17(21-2)5-6-18(13)20-11-14-3-4-16-12-19-8-7-15(16)10-14/h3-10,12,20H,11H2,1-2H3. The van der Waals surface area contributed by atoms with E-state index in [9.17, 15) is 0 Å². The Balaban J connectivity index is 1.77. The Kier molecular flexibility index (Phi) is 3.73. The molecule has 3 rings (SSSR count). The molecule has 3 nitrogen and oxygen atoms in total. The number of ether oxygens (including phenoxy) is 1. The molecule has 0 aliphatic rings. The number of anilines is 1. The van der Waals surface area contributed by atoms with Crippen LogP contribution in [-0.2, 0) is 6.54 Å². The molecular weight excluding hydrogens is 260 g/mol. The van der Waals surface area contributed by atoms with E-state index in [1.165, 1.54) is 21.9 Å². The highest BCUT2D eigenvalue weighted by Gasteiger charge is 2.01. The van der Waals surface area contributed by atoms with Gasteiger partial charge in [0.15, 0.2) is 0 Å². The zero-order chi connectivity index (χ0) is 14.7. The number of rotatable bonds is 4. The van der Waals surface area contributed by atoms with E-state index in [2.05, 4.69) is 41.5 Å². The smallest absolute Gasteiger partial charge is 0.119 e. The first-order chi connectivity index (χ1) is 10.3. The quantitative estimate of drug-likeness (QED) is 0.778. The number of hydrogen-bond acceptors (Lipinski definition) is 3. The monoisotopic (exact) mass is 278 g/mol. The molecule has 0 saturated heterocycles. The molecule has 0 spiro atoms. The second-order valence-electron chi connectivity index (χ2n) is 5.09. The minimum Gasteiger partial charge on any atom is -0.497 e. The number of aromatic nitrogens is 1. The van der Waals surface area contributed by atoms with Gasteiger partial charge < -0.3 is 10.1 Å². The Morgan fingerprint density at radius 3 is 2.76 bits per heavy atom. The van der Waals surface area contributed by atoms with Crippen molar-refractivity contribution >= 4 is 16.5 Å². The van der Waals surface area contributed by atoms with E-state index in [4.69, 9.17) is 4.74 Å². The summed E-state index contributed by atoms with van der Waals surface area (Å²) in [5.74, 6) is 0.885. The van der Waals surface area contributed by atoms with Crippen LogP contribution in [0.5, 0.6) is 5.75 Å². The van der Waals surface area contributed by atoms with Crippen molar-refractivity contribution in [1.82, 2.24) is 4.98 Å². The number of aryl methyl sites for hydroxylation is 1. The summed E-state index contributed by atoms with van der Waals surface area (Å²) in [6.07, 6.45) is 3.72. The maximum absolute atomic E-state index is 5.23. The van der Waals surface area contributed by atoms with E-state index >= 15 is 0 Å². The lowest BCUT2D eigenvalue weighted by Gasteiger charge is -2.11. The Labute approximate surface area is 124 Å². The van der Waals surface area contributed by atoms with Gasteiger partial charge in [-0.15, -0.1) is 0 Å². The van der Waals surface area contributed by atoms with Crippen molar-refractivity contribution in [3.63, 3.8) is 0 Å². The molecule has 2 aromatic carbocycles. The molecule has 1 heterocycles. The average molecular weight is 278 g/mol. The van der Waals surface area contributed by atoms with Crippen LogP contribution in [0.1, 0.15) is 11.1 Å². The van der Waals surface area contributed by atoms with E-state index in [0.717, 1.165) is 18.0 Å². The number of pyridine rings is 1. The lowest BCUT2D eigenvalue weighted by atomic mass is 10.1. The first-order valence-corrected chi connectivity index (χ1v) is 6.97. The van der Waals surface area contributed by atoms with Gasteiger partial charge in [-0.05, 0) is 53.8 Å². The van der Waals surface area contributed by atoms with Crippen LogP contribution in [0.3, 0.4) is 0 Å². The molecule has 0 unspecified atom stereocenters. The fourth-order valence-electron chi connectivity index (χ4n) is 2.40. The van der Waals surface area contributed by atoms with Crippen LogP contribution in [0, 0.1) is 6.92 Å². The van der Waals surface area contributed by atoms with Crippen LogP contribution >= 0.6 is 0 Å². The minimum atomic E-state index is 0.797. The van der Waals surface area contributed by atoms with Gasteiger partial charge in [-0.3, -0.25) is 4.98 Å². The van der Waals surface area contributed by atoms with E-state index in [-0.39, 0.29) is 0 Å². The van der Waals surface area contributed by atoms with Crippen LogP contribution in [0.2, 0.25) is 0 Å². The maximum Gasteiger partial charge on any atom is 0.119 e. The fourth-order valence-corrected chi connectivity index (χ4v) is 2.40. The summed E-state index contributed by atoms with van der Waals surface area (Å²) >= 11 is 0. The second-order valence-corrected chi connectivity index (χ2v) is 5.09. The average Bonchev–Trinajstić information content (AvgIpc) is 2.53. The van der Waals surface area contributed by atoms with Gasteiger partial charge in [0.25, 0.3) is 0 Å². The number of nitrogens with one attached hydrogen (secondary N) is 1. The molecule has 1 N–H and O–H groups in total. The molecule has 106 valence electrons. The Bertz CT molecular complexity index is 768. The van der Waals surface area contributed by atoms with Gasteiger partial charge in [-0.2, -0.15) is 0 Å². The third-order valence-corrected chi connectivity index (χ3v) is 3.62. The van der Waals surface area contributed by atoms with E-state index < -0.39 is 0 Å². The number of methoxy groups -OCH3 is 1. The molecule has 1 aromatic heterocycles. The van der Waals surface area contributed by atoms with E-state index in [1.54, 1.807) is 7.11 Å². The predicted octanol–water partition coefficient (Wildman–Crippen LogP) is 4.16. The number of fused-ring (bicyclic) bond motifs is 1. The zero-order valence-electron chi connectivity index (χ0n) is 12.3. The highest BCUT2D eigenvalue weighted by atomic mass is 16.5. The third-order valence-electron chi connectivity index (χ3n) is 3.62. The number of hydrogen-bond donors (Lipinski definition) is 1. The largest absolute Gasteiger partial charge is 0.497 e. The molecule has 0 atom stereocenters. The predicted molar refractivity (Wildman–Crippen MR) is 86.8 cm³/mol. The first-order valence-electron chi connectivity index (χ1n) is 6.97. The van der Waals surface area contributed by atoms with Crippen molar-refractivity contribution in [3.8, 4) is 5.75 Å². The topological polar surface area (TPSA) is 34.1 Å². The van der Waals surface area contributed by atoms with Crippen molar-refractivity contribution < 1.29 is 4.74 Å². The molecule has 0 fully saturated rings. The Hall–Kier alpha value is -2.55. The summed E-state index contributed by atoms with van der Waals surface area (Å²) in [7, 11) is 1.69. The number of benzene rings is 2. The fraction of sp³-hybridized carbons (Fsp3) is 0.167. The first kappa shape index (κ1) is 13.4. The molecule has 3 aromatic rings. The van der Waals surface area contributed by atoms with Gasteiger partial charge in [0.05, 0.1) is 7.11 Å². The summed E-state index contributed by atoms with van der Waals surface area (Å²) in [5, 5.41) is 5.86. The van der Waals surface area contributed by atoms with E-state index in [0.29, 0.717) is 0 Å². The molecule has 0 aliphatic heterocycles. The minimum absolute atomic E-state index is 0.797. The van der Waals surface area contributed by atoms with Gasteiger partial charge in [0.2, 0.25) is 0 Å². The van der Waals surface area contributed by atoms with Crippen LogP contribution < -0.4 is 10.1 Å². The van der Waals surface area contributed by atoms with Crippen LogP contribution in [0.4, 0.5) is 5.69 Å². The molecule has 21 heavy (non-hydrogen) atoms. The Morgan fingerprint density at radius 2 is 1.95 bits per heavy atom. The SMILES string of the molecule is COc1ccc(NCc2ccc3cnccc3c2)c(C)c1. The highest BCUT2D eigenvalue weighted by Crippen LogP contribution is 2.22. The zero-order valence-corrected chi connectivity index (χ0v) is 12.3. The van der Waals surface area contributed by atoms with Crippen molar-refractivity contribution in [2.75, 3.05) is 12.4 Å². The summed E-state index contributed by atoms with van der Waals surface area (Å²) in [5.41, 5.74) is 3.56. The van der Waals surface area contributed by atoms with Gasteiger partial charge in [-0.25, -0.2) is 0 Å². The van der Waals surface area contributed by atoms with Crippen LogP contribution in [0.15, 0.2) is 54.9 Å². The second kappa shape index (κ2) is 5.83. The maximum atomic E-state index is 5.23. The van der Waals surface area contributed by atoms with Crippen LogP contribution in [-0.4, -0.2) is 12.1 Å². The van der Waals surface area contributed by atoms with Crippen molar-refractivity contribution in [2.45, 2.75) is 13.5 Å². The van der Waals surface area contributed by atoms with E-state index in [1.807, 2.05) is 30.6 Å². The molecule has 0 radical (unpaired) electrons. The normalized spacial score (nSPS) is 10.6. The number of nitrogens with zero attached hydrogens (tertiary/aromatic N) is 1. The highest BCUT2D eigenvalue weighted by molar-refractivity contribution is 5.82. The summed E-state index contributed by atoms with van der Waals surface area (Å²) < 4.78 is 5.23. The lowest BCUT2D eigenvalue weighted by molar-refractivity contribution is 0.414. The summed E-state index contributed by atoms with van der Waals surface area (Å²) in [4.78, 5) is 4.14. The molecule has 0 amide bonds. The van der Waals surface area contributed by atoms with Crippen molar-refractivity contribution in [2.24, 2.45) is 0 Å². The molecule has 0 saturated carbocycles. The van der Waals surface area contributed by atoms with Gasteiger partial charge in [-0.1, -0.05) is 12.1 Å². The lowest BCUT2D eigenvalue weighted by Crippen LogP contribution is -2.01. The Morgan fingerprint density at radius 1 is 1.05 bits per heavy atom. The van der Waals surface area contributed by atoms with Crippen LogP contribution in [0.25, 0.3) is 10.8 Å². The van der Waals surface area contributed by atoms with Crippen molar-refractivity contribution in [3.05, 3.63) is 66.0 Å². The molecule has 0 aliphatic carbocycles. The molecular formula is C18H18N2O. The molecule has 3 heteroatoms.